The Labute approximate surface area is 137 Å². The molecular weight excluding hydrogens is 325 g/mol. The van der Waals surface area contributed by atoms with E-state index >= 15 is 0 Å². The number of hydrogen-bond acceptors (Lipinski definition) is 3. The Kier molecular flexibility index (Phi) is 5.69. The van der Waals surface area contributed by atoms with Crippen LogP contribution in [0.25, 0.3) is 0 Å². The number of carbonyl (C=O) groups is 2. The van der Waals surface area contributed by atoms with Crippen LogP contribution in [0.4, 0.5) is 13.2 Å². The molecule has 1 aromatic carbocycles. The molecule has 0 unspecified atom stereocenters. The third-order valence-electron chi connectivity index (χ3n) is 3.89. The quantitative estimate of drug-likeness (QED) is 0.831. The van der Waals surface area contributed by atoms with Crippen LogP contribution in [0.2, 0.25) is 0 Å². The van der Waals surface area contributed by atoms with Gasteiger partial charge in [-0.05, 0) is 25.0 Å². The molecule has 2 amide bonds. The van der Waals surface area contributed by atoms with Crippen LogP contribution in [-0.2, 0) is 9.59 Å². The van der Waals surface area contributed by atoms with Crippen LogP contribution in [-0.4, -0.2) is 49.1 Å². The lowest BCUT2D eigenvalue weighted by molar-refractivity contribution is -0.172. The number of alkyl halides is 3. The van der Waals surface area contributed by atoms with Gasteiger partial charge < -0.3 is 15.0 Å². The number of nitrogens with zero attached hydrogens (tertiary/aromatic N) is 1. The summed E-state index contributed by atoms with van der Waals surface area (Å²) in [7, 11) is 1.50. The zero-order chi connectivity index (χ0) is 17.7. The summed E-state index contributed by atoms with van der Waals surface area (Å²) in [6.07, 6.45) is -4.89. The third-order valence-corrected chi connectivity index (χ3v) is 3.89. The van der Waals surface area contributed by atoms with Crippen LogP contribution >= 0.6 is 0 Å². The fraction of sp³-hybridized carbons (Fsp3) is 0.500. The van der Waals surface area contributed by atoms with Crippen molar-refractivity contribution in [1.82, 2.24) is 10.2 Å². The average Bonchev–Trinajstić information content (AvgIpc) is 2.54. The van der Waals surface area contributed by atoms with Gasteiger partial charge in [-0.1, -0.05) is 18.2 Å². The van der Waals surface area contributed by atoms with Crippen LogP contribution in [0.3, 0.4) is 0 Å². The Balaban J connectivity index is 1.82. The summed E-state index contributed by atoms with van der Waals surface area (Å²) in [4.78, 5) is 25.3. The number of halogens is 3. The van der Waals surface area contributed by atoms with E-state index in [4.69, 9.17) is 4.74 Å². The molecule has 2 rings (SSSR count). The van der Waals surface area contributed by atoms with E-state index in [1.54, 1.807) is 12.1 Å². The molecule has 2 atom stereocenters. The van der Waals surface area contributed by atoms with Gasteiger partial charge in [0.15, 0.2) is 0 Å². The number of nitrogens with one attached hydrogen (secondary N) is 1. The van der Waals surface area contributed by atoms with Crippen molar-refractivity contribution in [2.24, 2.45) is 5.92 Å². The highest BCUT2D eigenvalue weighted by Crippen LogP contribution is 2.29. The number of benzene rings is 1. The van der Waals surface area contributed by atoms with Gasteiger partial charge in [0, 0.05) is 7.05 Å². The van der Waals surface area contributed by atoms with Crippen molar-refractivity contribution >= 4 is 11.8 Å². The van der Waals surface area contributed by atoms with E-state index in [-0.39, 0.29) is 26.0 Å². The second-order valence-electron chi connectivity index (χ2n) is 5.65. The number of hydrogen-bond donors (Lipinski definition) is 1. The molecule has 1 aliphatic heterocycles. The second kappa shape index (κ2) is 7.55. The predicted molar refractivity (Wildman–Crippen MR) is 80.3 cm³/mol. The first-order valence-corrected chi connectivity index (χ1v) is 7.59. The van der Waals surface area contributed by atoms with E-state index in [9.17, 15) is 22.8 Å². The first-order valence-electron chi connectivity index (χ1n) is 7.59. The van der Waals surface area contributed by atoms with E-state index in [1.807, 2.05) is 23.5 Å². The van der Waals surface area contributed by atoms with Crippen molar-refractivity contribution in [3.63, 3.8) is 0 Å². The SMILES string of the molecule is CN(CCOc1ccccc1)C(=O)[C@H]1CC[C@@H](C(F)(F)F)NC1=O. The minimum absolute atomic E-state index is 0.112. The van der Waals surface area contributed by atoms with Crippen molar-refractivity contribution in [2.75, 3.05) is 20.2 Å². The van der Waals surface area contributed by atoms with Gasteiger partial charge in [-0.25, -0.2) is 0 Å². The van der Waals surface area contributed by atoms with Crippen LogP contribution in [0.5, 0.6) is 5.75 Å². The molecule has 0 spiro atoms. The average molecular weight is 344 g/mol. The van der Waals surface area contributed by atoms with Gasteiger partial charge in [0.2, 0.25) is 11.8 Å². The van der Waals surface area contributed by atoms with Gasteiger partial charge in [-0.2, -0.15) is 13.2 Å². The molecule has 0 aliphatic carbocycles. The topological polar surface area (TPSA) is 58.6 Å². The van der Waals surface area contributed by atoms with Crippen molar-refractivity contribution in [3.05, 3.63) is 30.3 Å². The Hall–Kier alpha value is -2.25. The molecule has 0 aromatic heterocycles. The number of carbonyl (C=O) groups excluding carboxylic acids is 2. The summed E-state index contributed by atoms with van der Waals surface area (Å²) in [5, 5.41) is 1.88. The van der Waals surface area contributed by atoms with E-state index in [2.05, 4.69) is 0 Å². The Morgan fingerprint density at radius 2 is 1.96 bits per heavy atom. The zero-order valence-electron chi connectivity index (χ0n) is 13.2. The summed E-state index contributed by atoms with van der Waals surface area (Å²) >= 11 is 0. The van der Waals surface area contributed by atoms with E-state index in [0.717, 1.165) is 0 Å². The zero-order valence-corrected chi connectivity index (χ0v) is 13.2. The molecule has 24 heavy (non-hydrogen) atoms. The first-order chi connectivity index (χ1) is 11.3. The lowest BCUT2D eigenvalue weighted by Gasteiger charge is -2.31. The van der Waals surface area contributed by atoms with Gasteiger partial charge in [0.05, 0.1) is 6.54 Å². The minimum Gasteiger partial charge on any atom is -0.492 e. The first kappa shape index (κ1) is 18.1. The van der Waals surface area contributed by atoms with E-state index in [1.165, 1.54) is 11.9 Å². The number of likely N-dealkylation sites (N-methyl/N-ethyl adjacent to an activating group) is 1. The van der Waals surface area contributed by atoms with E-state index in [0.29, 0.717) is 5.75 Å². The maximum Gasteiger partial charge on any atom is 0.408 e. The van der Waals surface area contributed by atoms with Gasteiger partial charge in [0.1, 0.15) is 24.3 Å². The lowest BCUT2D eigenvalue weighted by atomic mass is 9.92. The number of piperidine rings is 1. The molecule has 1 heterocycles. The molecule has 0 saturated carbocycles. The maximum atomic E-state index is 12.6. The third kappa shape index (κ3) is 4.62. The Morgan fingerprint density at radius 1 is 1.29 bits per heavy atom. The van der Waals surface area contributed by atoms with Gasteiger partial charge in [-0.3, -0.25) is 9.59 Å². The highest BCUT2D eigenvalue weighted by molar-refractivity contribution is 6.00. The maximum absolute atomic E-state index is 12.6. The lowest BCUT2D eigenvalue weighted by Crippen LogP contribution is -2.54. The van der Waals surface area contributed by atoms with Crippen LogP contribution in [0.1, 0.15) is 12.8 Å². The van der Waals surface area contributed by atoms with Gasteiger partial charge in [0.25, 0.3) is 0 Å². The normalized spacial score (nSPS) is 21.1. The predicted octanol–water partition coefficient (Wildman–Crippen LogP) is 1.98. The Morgan fingerprint density at radius 3 is 2.54 bits per heavy atom. The molecule has 1 aromatic rings. The molecule has 5 nitrogen and oxygen atoms in total. The van der Waals surface area contributed by atoms with Crippen LogP contribution < -0.4 is 10.1 Å². The van der Waals surface area contributed by atoms with Crippen LogP contribution in [0, 0.1) is 5.92 Å². The fourth-order valence-electron chi connectivity index (χ4n) is 2.48. The molecule has 1 N–H and O–H groups in total. The largest absolute Gasteiger partial charge is 0.492 e. The molecule has 1 saturated heterocycles. The summed E-state index contributed by atoms with van der Waals surface area (Å²) < 4.78 is 43.3. The second-order valence-corrected chi connectivity index (χ2v) is 5.65. The van der Waals surface area contributed by atoms with Crippen LogP contribution in [0.15, 0.2) is 30.3 Å². The van der Waals surface area contributed by atoms with Crippen molar-refractivity contribution < 1.29 is 27.5 Å². The molecule has 8 heteroatoms. The number of para-hydroxylation sites is 1. The summed E-state index contributed by atoms with van der Waals surface area (Å²) in [6.45, 7) is 0.464. The standard InChI is InChI=1S/C16H19F3N2O3/c1-21(9-10-24-11-5-3-2-4-6-11)15(23)12-7-8-13(16(17,18)19)20-14(12)22/h2-6,12-13H,7-10H2,1H3,(H,20,22)/t12-,13-/m0/s1. The smallest absolute Gasteiger partial charge is 0.408 e. The monoisotopic (exact) mass is 344 g/mol. The Bertz CT molecular complexity index is 578. The minimum atomic E-state index is -4.49. The van der Waals surface area contributed by atoms with Gasteiger partial charge >= 0.3 is 6.18 Å². The molecule has 0 radical (unpaired) electrons. The van der Waals surface area contributed by atoms with Crippen molar-refractivity contribution in [1.29, 1.82) is 0 Å². The number of ether oxygens (including phenoxy) is 1. The van der Waals surface area contributed by atoms with Gasteiger partial charge in [-0.15, -0.1) is 0 Å². The fourth-order valence-corrected chi connectivity index (χ4v) is 2.48. The molecular formula is C16H19F3N2O3. The summed E-state index contributed by atoms with van der Waals surface area (Å²) in [6, 6.07) is 7.14. The molecule has 0 bridgehead atoms. The molecule has 1 fully saturated rings. The van der Waals surface area contributed by atoms with E-state index < -0.39 is 30.0 Å². The summed E-state index contributed by atoms with van der Waals surface area (Å²) in [5.41, 5.74) is 0. The highest BCUT2D eigenvalue weighted by atomic mass is 19.4. The highest BCUT2D eigenvalue weighted by Gasteiger charge is 2.46. The molecule has 132 valence electrons. The number of amides is 2. The molecule has 1 aliphatic rings. The number of rotatable bonds is 5. The van der Waals surface area contributed by atoms with Crippen molar-refractivity contribution in [3.8, 4) is 5.75 Å². The van der Waals surface area contributed by atoms with Crippen molar-refractivity contribution in [2.45, 2.75) is 25.1 Å². The summed E-state index contributed by atoms with van der Waals surface area (Å²) in [5.74, 6) is -1.79.